The molecule has 0 spiro atoms. The molecule has 0 aliphatic heterocycles. The second kappa shape index (κ2) is 6.15. The molecule has 1 atom stereocenters. The second-order valence-electron chi connectivity index (χ2n) is 2.53. The standard InChI is InChI=1S/C9H13IO3/c1-4-13-9(12)7(5-10)8(11)6(2)3/h5,8,11H,2,4H2,1,3H3. The van der Waals surface area contributed by atoms with Crippen LogP contribution in [-0.4, -0.2) is 23.8 Å². The summed E-state index contributed by atoms with van der Waals surface area (Å²) in [7, 11) is 0. The van der Waals surface area contributed by atoms with E-state index in [2.05, 4.69) is 6.58 Å². The summed E-state index contributed by atoms with van der Waals surface area (Å²) in [5.74, 6) is -0.493. The van der Waals surface area contributed by atoms with Gasteiger partial charge in [0.15, 0.2) is 0 Å². The molecule has 0 aliphatic carbocycles. The molecule has 0 heterocycles. The Bertz CT molecular complexity index is 233. The Balaban J connectivity index is 4.53. The number of ether oxygens (including phenoxy) is 1. The Morgan fingerprint density at radius 3 is 2.62 bits per heavy atom. The molecule has 74 valence electrons. The van der Waals surface area contributed by atoms with Gasteiger partial charge in [0, 0.05) is 0 Å². The zero-order chi connectivity index (χ0) is 10.4. The van der Waals surface area contributed by atoms with E-state index in [9.17, 15) is 9.90 Å². The van der Waals surface area contributed by atoms with Crippen molar-refractivity contribution in [3.63, 3.8) is 0 Å². The second-order valence-corrected chi connectivity index (χ2v) is 3.16. The van der Waals surface area contributed by atoms with E-state index >= 15 is 0 Å². The highest BCUT2D eigenvalue weighted by atomic mass is 127. The molecule has 0 radical (unpaired) electrons. The molecule has 0 fully saturated rings. The number of rotatable bonds is 4. The van der Waals surface area contributed by atoms with Crippen molar-refractivity contribution in [3.8, 4) is 0 Å². The van der Waals surface area contributed by atoms with Crippen molar-refractivity contribution >= 4 is 28.6 Å². The Hall–Kier alpha value is -0.360. The predicted octanol–water partition coefficient (Wildman–Crippen LogP) is 1.81. The van der Waals surface area contributed by atoms with Crippen LogP contribution in [0.3, 0.4) is 0 Å². The van der Waals surface area contributed by atoms with Crippen LogP contribution in [0.4, 0.5) is 0 Å². The third-order valence-corrected chi connectivity index (χ3v) is 2.06. The average Bonchev–Trinajstić information content (AvgIpc) is 2.05. The smallest absolute Gasteiger partial charge is 0.337 e. The monoisotopic (exact) mass is 296 g/mol. The van der Waals surface area contributed by atoms with E-state index < -0.39 is 12.1 Å². The maximum absolute atomic E-state index is 11.2. The molecule has 0 rings (SSSR count). The van der Waals surface area contributed by atoms with Crippen LogP contribution < -0.4 is 0 Å². The Kier molecular flexibility index (Phi) is 5.98. The Morgan fingerprint density at radius 1 is 1.77 bits per heavy atom. The first-order valence-corrected chi connectivity index (χ1v) is 5.10. The van der Waals surface area contributed by atoms with Crippen molar-refractivity contribution in [1.82, 2.24) is 0 Å². The van der Waals surface area contributed by atoms with Crippen LogP contribution in [0.15, 0.2) is 21.8 Å². The summed E-state index contributed by atoms with van der Waals surface area (Å²) < 4.78 is 6.26. The number of hydrogen-bond donors (Lipinski definition) is 1. The summed E-state index contributed by atoms with van der Waals surface area (Å²) >= 11 is 1.89. The molecule has 0 aromatic rings. The van der Waals surface area contributed by atoms with Crippen LogP contribution in [0.5, 0.6) is 0 Å². The molecule has 13 heavy (non-hydrogen) atoms. The Morgan fingerprint density at radius 2 is 2.31 bits per heavy atom. The summed E-state index contributed by atoms with van der Waals surface area (Å²) in [5.41, 5.74) is 0.755. The maximum Gasteiger partial charge on any atom is 0.337 e. The summed E-state index contributed by atoms with van der Waals surface area (Å²) in [5, 5.41) is 9.51. The van der Waals surface area contributed by atoms with Gasteiger partial charge < -0.3 is 9.84 Å². The first kappa shape index (κ1) is 12.6. The van der Waals surface area contributed by atoms with Gasteiger partial charge in [0.2, 0.25) is 0 Å². The molecule has 0 amide bonds. The molecule has 0 saturated heterocycles. The summed E-state index contributed by atoms with van der Waals surface area (Å²) in [6, 6.07) is 0. The van der Waals surface area contributed by atoms with E-state index in [0.29, 0.717) is 12.2 Å². The number of aliphatic hydroxyl groups is 1. The Labute approximate surface area is 91.6 Å². The minimum Gasteiger partial charge on any atom is -0.463 e. The number of aliphatic hydroxyl groups excluding tert-OH is 1. The molecule has 0 aromatic heterocycles. The number of carbonyl (C=O) groups is 1. The van der Waals surface area contributed by atoms with Gasteiger partial charge in [0.25, 0.3) is 0 Å². The fraction of sp³-hybridized carbons (Fsp3) is 0.444. The van der Waals surface area contributed by atoms with Gasteiger partial charge >= 0.3 is 5.97 Å². The van der Waals surface area contributed by atoms with Crippen molar-refractivity contribution in [3.05, 3.63) is 21.8 Å². The normalized spacial score (nSPS) is 13.7. The first-order valence-electron chi connectivity index (χ1n) is 3.85. The topological polar surface area (TPSA) is 46.5 Å². The van der Waals surface area contributed by atoms with Gasteiger partial charge in [-0.1, -0.05) is 29.2 Å². The fourth-order valence-electron chi connectivity index (χ4n) is 0.696. The highest BCUT2D eigenvalue weighted by Crippen LogP contribution is 2.13. The van der Waals surface area contributed by atoms with Crippen LogP contribution in [-0.2, 0) is 9.53 Å². The lowest BCUT2D eigenvalue weighted by Gasteiger charge is -2.12. The number of hydrogen-bond acceptors (Lipinski definition) is 3. The summed E-state index contributed by atoms with van der Waals surface area (Å²) in [6.07, 6.45) is -0.934. The lowest BCUT2D eigenvalue weighted by Crippen LogP contribution is -2.20. The molecule has 4 heteroatoms. The van der Waals surface area contributed by atoms with Crippen molar-refractivity contribution in [2.24, 2.45) is 0 Å². The van der Waals surface area contributed by atoms with E-state index in [1.54, 1.807) is 13.8 Å². The predicted molar refractivity (Wildman–Crippen MR) is 59.6 cm³/mol. The zero-order valence-corrected chi connectivity index (χ0v) is 9.87. The lowest BCUT2D eigenvalue weighted by molar-refractivity contribution is -0.139. The molecule has 1 N–H and O–H groups in total. The highest BCUT2D eigenvalue weighted by molar-refractivity contribution is 14.1. The molecule has 0 bridgehead atoms. The van der Waals surface area contributed by atoms with Crippen molar-refractivity contribution in [2.45, 2.75) is 20.0 Å². The van der Waals surface area contributed by atoms with Gasteiger partial charge in [-0.25, -0.2) is 4.79 Å². The van der Waals surface area contributed by atoms with Crippen LogP contribution in [0.2, 0.25) is 0 Å². The van der Waals surface area contributed by atoms with Gasteiger partial charge in [-0.15, -0.1) is 0 Å². The van der Waals surface area contributed by atoms with Crippen molar-refractivity contribution in [2.75, 3.05) is 6.61 Å². The number of carbonyl (C=O) groups excluding carboxylic acids is 1. The number of halogens is 1. The van der Waals surface area contributed by atoms with Crippen LogP contribution in [0, 0.1) is 0 Å². The van der Waals surface area contributed by atoms with Gasteiger partial charge in [0.1, 0.15) is 6.10 Å². The van der Waals surface area contributed by atoms with Crippen molar-refractivity contribution < 1.29 is 14.6 Å². The van der Waals surface area contributed by atoms with Crippen molar-refractivity contribution in [1.29, 1.82) is 0 Å². The van der Waals surface area contributed by atoms with Crippen LogP contribution >= 0.6 is 22.6 Å². The zero-order valence-electron chi connectivity index (χ0n) is 7.71. The van der Waals surface area contributed by atoms with E-state index in [1.807, 2.05) is 22.6 Å². The molecule has 0 aromatic carbocycles. The SMILES string of the molecule is C=C(C)C(O)C(=CI)C(=O)OCC. The van der Waals surface area contributed by atoms with E-state index in [-0.39, 0.29) is 5.57 Å². The number of esters is 1. The van der Waals surface area contributed by atoms with Gasteiger partial charge in [-0.2, -0.15) is 0 Å². The minimum absolute atomic E-state index is 0.231. The summed E-state index contributed by atoms with van der Waals surface area (Å²) in [6.45, 7) is 7.24. The van der Waals surface area contributed by atoms with Gasteiger partial charge in [-0.05, 0) is 23.5 Å². The largest absolute Gasteiger partial charge is 0.463 e. The molecule has 1 unspecified atom stereocenters. The highest BCUT2D eigenvalue weighted by Gasteiger charge is 2.19. The fourth-order valence-corrected chi connectivity index (χ4v) is 1.29. The quantitative estimate of drug-likeness (QED) is 0.372. The molecule has 0 saturated carbocycles. The molecular weight excluding hydrogens is 283 g/mol. The van der Waals surface area contributed by atoms with Crippen LogP contribution in [0.25, 0.3) is 0 Å². The first-order chi connectivity index (χ1) is 6.04. The third-order valence-electron chi connectivity index (χ3n) is 1.39. The molecule has 0 aliphatic rings. The van der Waals surface area contributed by atoms with Crippen LogP contribution in [0.1, 0.15) is 13.8 Å². The van der Waals surface area contributed by atoms with Gasteiger partial charge in [0.05, 0.1) is 12.2 Å². The summed E-state index contributed by atoms with van der Waals surface area (Å²) in [4.78, 5) is 11.2. The minimum atomic E-state index is -0.934. The lowest BCUT2D eigenvalue weighted by atomic mass is 10.1. The molecular formula is C9H13IO3. The van der Waals surface area contributed by atoms with E-state index in [4.69, 9.17) is 4.74 Å². The third kappa shape index (κ3) is 3.91. The average molecular weight is 296 g/mol. The maximum atomic E-state index is 11.2. The molecule has 3 nitrogen and oxygen atoms in total. The van der Waals surface area contributed by atoms with Gasteiger partial charge in [-0.3, -0.25) is 0 Å². The van der Waals surface area contributed by atoms with E-state index in [0.717, 1.165) is 0 Å². The van der Waals surface area contributed by atoms with E-state index in [1.165, 1.54) is 4.08 Å².